The van der Waals surface area contributed by atoms with Crippen LogP contribution in [0.4, 0.5) is 4.39 Å². The summed E-state index contributed by atoms with van der Waals surface area (Å²) in [5.41, 5.74) is 1.08. The van der Waals surface area contributed by atoms with E-state index in [1.807, 2.05) is 12.1 Å². The summed E-state index contributed by atoms with van der Waals surface area (Å²) < 4.78 is 15.9. The summed E-state index contributed by atoms with van der Waals surface area (Å²) in [5, 5.41) is 0. The predicted octanol–water partition coefficient (Wildman–Crippen LogP) is 3.22. The summed E-state index contributed by atoms with van der Waals surface area (Å²) in [4.78, 5) is 14.5. The molecule has 0 bridgehead atoms. The van der Waals surface area contributed by atoms with Crippen LogP contribution in [0, 0.1) is 5.82 Å². The Hall–Kier alpha value is -1.88. The molecule has 0 aliphatic carbocycles. The average molecular weight is 307 g/mol. The first-order valence-corrected chi connectivity index (χ1v) is 6.11. The standard InChI is InChI=1S/C13H8BrFN2O/c14-8-3-1-4-9(7-8)17-11-6-2-5-10(15)12(11)16-13(17)18/h1-7H,(H,16,18). The summed E-state index contributed by atoms with van der Waals surface area (Å²) in [5.74, 6) is -0.432. The van der Waals surface area contributed by atoms with Crippen LogP contribution in [0.2, 0.25) is 0 Å². The van der Waals surface area contributed by atoms with E-state index in [0.717, 1.165) is 4.47 Å². The number of hydrogen-bond acceptors (Lipinski definition) is 1. The molecule has 0 radical (unpaired) electrons. The largest absolute Gasteiger partial charge is 0.331 e. The van der Waals surface area contributed by atoms with Crippen molar-refractivity contribution in [1.82, 2.24) is 9.55 Å². The molecular weight excluding hydrogens is 299 g/mol. The van der Waals surface area contributed by atoms with E-state index in [-0.39, 0.29) is 11.2 Å². The van der Waals surface area contributed by atoms with Crippen LogP contribution in [0.25, 0.3) is 16.7 Å². The van der Waals surface area contributed by atoms with Gasteiger partial charge in [-0.3, -0.25) is 4.57 Å². The Balaban J connectivity index is 2.39. The minimum atomic E-state index is -0.432. The maximum atomic E-state index is 13.6. The Bertz CT molecular complexity index is 791. The van der Waals surface area contributed by atoms with E-state index < -0.39 is 5.82 Å². The summed E-state index contributed by atoms with van der Waals surface area (Å²) in [6.45, 7) is 0. The van der Waals surface area contributed by atoms with E-state index in [1.165, 1.54) is 10.6 Å². The van der Waals surface area contributed by atoms with E-state index in [1.54, 1.807) is 24.3 Å². The lowest BCUT2D eigenvalue weighted by Gasteiger charge is -2.03. The molecule has 0 fully saturated rings. The Morgan fingerprint density at radius 1 is 1.17 bits per heavy atom. The maximum absolute atomic E-state index is 13.6. The molecule has 3 aromatic rings. The zero-order valence-corrected chi connectivity index (χ0v) is 10.7. The Morgan fingerprint density at radius 3 is 2.72 bits per heavy atom. The second-order valence-corrected chi connectivity index (χ2v) is 4.80. The van der Waals surface area contributed by atoms with Gasteiger partial charge in [-0.05, 0) is 30.3 Å². The SMILES string of the molecule is O=c1[nH]c2c(F)cccc2n1-c1cccc(Br)c1. The summed E-state index contributed by atoms with van der Waals surface area (Å²) in [7, 11) is 0. The predicted molar refractivity (Wildman–Crippen MR) is 71.6 cm³/mol. The van der Waals surface area contributed by atoms with Crippen molar-refractivity contribution in [3.63, 3.8) is 0 Å². The third kappa shape index (κ3) is 1.67. The van der Waals surface area contributed by atoms with Crippen LogP contribution in [0.1, 0.15) is 0 Å². The van der Waals surface area contributed by atoms with Gasteiger partial charge in [0.15, 0.2) is 0 Å². The minimum absolute atomic E-state index is 0.225. The molecule has 3 rings (SSSR count). The van der Waals surface area contributed by atoms with Crippen LogP contribution < -0.4 is 5.69 Å². The Kier molecular flexibility index (Phi) is 2.56. The smallest absolute Gasteiger partial charge is 0.303 e. The van der Waals surface area contributed by atoms with Crippen molar-refractivity contribution in [2.75, 3.05) is 0 Å². The quantitative estimate of drug-likeness (QED) is 0.736. The Morgan fingerprint density at radius 2 is 1.94 bits per heavy atom. The summed E-state index contributed by atoms with van der Waals surface area (Å²) >= 11 is 3.35. The molecule has 2 aromatic carbocycles. The molecule has 3 nitrogen and oxygen atoms in total. The fourth-order valence-corrected chi connectivity index (χ4v) is 2.35. The lowest BCUT2D eigenvalue weighted by atomic mass is 10.2. The number of benzene rings is 2. The van der Waals surface area contributed by atoms with Gasteiger partial charge in [-0.15, -0.1) is 0 Å². The number of para-hydroxylation sites is 1. The van der Waals surface area contributed by atoms with Gasteiger partial charge in [0, 0.05) is 4.47 Å². The monoisotopic (exact) mass is 306 g/mol. The van der Waals surface area contributed by atoms with E-state index in [4.69, 9.17) is 0 Å². The molecule has 0 saturated heterocycles. The molecule has 90 valence electrons. The molecule has 0 aliphatic heterocycles. The number of rotatable bonds is 1. The van der Waals surface area contributed by atoms with Crippen molar-refractivity contribution >= 4 is 27.0 Å². The number of aromatic nitrogens is 2. The van der Waals surface area contributed by atoms with Gasteiger partial charge in [0.1, 0.15) is 11.3 Å². The van der Waals surface area contributed by atoms with Crippen molar-refractivity contribution in [1.29, 1.82) is 0 Å². The van der Waals surface area contributed by atoms with Crippen molar-refractivity contribution < 1.29 is 4.39 Å². The number of nitrogens with one attached hydrogen (secondary N) is 1. The number of nitrogens with zero attached hydrogens (tertiary/aromatic N) is 1. The molecule has 1 aromatic heterocycles. The van der Waals surface area contributed by atoms with Gasteiger partial charge in [0.2, 0.25) is 0 Å². The van der Waals surface area contributed by atoms with Crippen molar-refractivity contribution in [2.45, 2.75) is 0 Å². The third-order valence-electron chi connectivity index (χ3n) is 2.73. The van der Waals surface area contributed by atoms with Gasteiger partial charge >= 0.3 is 5.69 Å². The molecule has 1 heterocycles. The van der Waals surface area contributed by atoms with Crippen LogP contribution in [0.15, 0.2) is 51.7 Å². The highest BCUT2D eigenvalue weighted by molar-refractivity contribution is 9.10. The highest BCUT2D eigenvalue weighted by Gasteiger charge is 2.11. The lowest BCUT2D eigenvalue weighted by molar-refractivity contribution is 0.637. The van der Waals surface area contributed by atoms with Crippen LogP contribution in [-0.4, -0.2) is 9.55 Å². The van der Waals surface area contributed by atoms with Gasteiger partial charge in [-0.1, -0.05) is 28.1 Å². The molecule has 0 amide bonds. The highest BCUT2D eigenvalue weighted by Crippen LogP contribution is 2.20. The van der Waals surface area contributed by atoms with Crippen LogP contribution in [0.5, 0.6) is 0 Å². The van der Waals surface area contributed by atoms with E-state index in [9.17, 15) is 9.18 Å². The van der Waals surface area contributed by atoms with Crippen molar-refractivity contribution in [3.05, 3.63) is 63.2 Å². The van der Waals surface area contributed by atoms with Crippen LogP contribution >= 0.6 is 15.9 Å². The van der Waals surface area contributed by atoms with Gasteiger partial charge in [0.25, 0.3) is 0 Å². The molecule has 18 heavy (non-hydrogen) atoms. The van der Waals surface area contributed by atoms with Gasteiger partial charge in [-0.2, -0.15) is 0 Å². The van der Waals surface area contributed by atoms with Gasteiger partial charge in [-0.25, -0.2) is 9.18 Å². The fourth-order valence-electron chi connectivity index (χ4n) is 1.97. The lowest BCUT2D eigenvalue weighted by Crippen LogP contribution is -2.14. The molecule has 1 N–H and O–H groups in total. The number of H-pyrrole nitrogens is 1. The molecule has 0 aliphatic rings. The summed E-state index contributed by atoms with van der Waals surface area (Å²) in [6, 6.07) is 11.9. The van der Waals surface area contributed by atoms with Gasteiger partial charge in [0.05, 0.1) is 11.2 Å². The number of hydrogen-bond donors (Lipinski definition) is 1. The Labute approximate surface area is 110 Å². The van der Waals surface area contributed by atoms with Gasteiger partial charge < -0.3 is 4.98 Å². The number of aromatic amines is 1. The van der Waals surface area contributed by atoms with Crippen LogP contribution in [-0.2, 0) is 0 Å². The van der Waals surface area contributed by atoms with E-state index in [2.05, 4.69) is 20.9 Å². The molecule has 0 spiro atoms. The molecular formula is C13H8BrFN2O. The fraction of sp³-hybridized carbons (Fsp3) is 0. The maximum Gasteiger partial charge on any atom is 0.331 e. The third-order valence-corrected chi connectivity index (χ3v) is 3.23. The zero-order chi connectivity index (χ0) is 12.7. The zero-order valence-electron chi connectivity index (χ0n) is 9.15. The topological polar surface area (TPSA) is 37.8 Å². The molecule has 0 saturated carbocycles. The average Bonchev–Trinajstić information content (AvgIpc) is 2.67. The molecule has 0 atom stereocenters. The highest BCUT2D eigenvalue weighted by atomic mass is 79.9. The number of halogens is 2. The first-order chi connectivity index (χ1) is 8.66. The second-order valence-electron chi connectivity index (χ2n) is 3.88. The summed E-state index contributed by atoms with van der Waals surface area (Å²) in [6.07, 6.45) is 0. The van der Waals surface area contributed by atoms with Crippen LogP contribution in [0.3, 0.4) is 0 Å². The van der Waals surface area contributed by atoms with Crippen molar-refractivity contribution in [2.24, 2.45) is 0 Å². The van der Waals surface area contributed by atoms with E-state index >= 15 is 0 Å². The normalized spacial score (nSPS) is 11.0. The molecule has 5 heteroatoms. The molecule has 0 unspecified atom stereocenters. The first kappa shape index (κ1) is 11.2. The number of fused-ring (bicyclic) bond motifs is 1. The number of imidazole rings is 1. The van der Waals surface area contributed by atoms with E-state index in [0.29, 0.717) is 11.2 Å². The minimum Gasteiger partial charge on any atom is -0.303 e. The second kappa shape index (κ2) is 4.10. The van der Waals surface area contributed by atoms with Crippen molar-refractivity contribution in [3.8, 4) is 5.69 Å². The first-order valence-electron chi connectivity index (χ1n) is 5.32.